The molecule has 3 aromatic rings. The van der Waals surface area contributed by atoms with Gasteiger partial charge in [0.1, 0.15) is 0 Å². The van der Waals surface area contributed by atoms with Crippen molar-refractivity contribution in [1.29, 1.82) is 0 Å². The number of hydrogen-bond acceptors (Lipinski definition) is 6. The molecule has 6 heteroatoms. The Labute approximate surface area is 182 Å². The molecule has 1 aliphatic carbocycles. The van der Waals surface area contributed by atoms with Gasteiger partial charge in [-0.15, -0.1) is 0 Å². The van der Waals surface area contributed by atoms with Crippen molar-refractivity contribution >= 4 is 10.8 Å². The van der Waals surface area contributed by atoms with Crippen LogP contribution < -0.4 is 18.9 Å². The zero-order valence-electron chi connectivity index (χ0n) is 18.3. The number of fused-ring (bicyclic) bond motifs is 1. The summed E-state index contributed by atoms with van der Waals surface area (Å²) in [7, 11) is 3.28. The summed E-state index contributed by atoms with van der Waals surface area (Å²) in [6, 6.07) is 7.71. The molecule has 164 valence electrons. The van der Waals surface area contributed by atoms with Crippen molar-refractivity contribution < 1.29 is 24.1 Å². The first-order chi connectivity index (χ1) is 15.1. The van der Waals surface area contributed by atoms with E-state index in [-0.39, 0.29) is 5.75 Å². The summed E-state index contributed by atoms with van der Waals surface area (Å²) in [4.78, 5) is 4.34. The summed E-state index contributed by atoms with van der Waals surface area (Å²) in [5, 5.41) is 12.2. The van der Waals surface area contributed by atoms with Crippen molar-refractivity contribution in [2.75, 3.05) is 27.4 Å². The molecule has 0 radical (unpaired) electrons. The number of phenols is 1. The van der Waals surface area contributed by atoms with Crippen LogP contribution in [0.2, 0.25) is 0 Å². The monoisotopic (exact) mass is 423 g/mol. The summed E-state index contributed by atoms with van der Waals surface area (Å²) >= 11 is 0. The van der Waals surface area contributed by atoms with E-state index in [4.69, 9.17) is 18.9 Å². The average Bonchev–Trinajstić information content (AvgIpc) is 2.75. The van der Waals surface area contributed by atoms with Crippen LogP contribution in [0.1, 0.15) is 37.3 Å². The maximum Gasteiger partial charge on any atom is 0.203 e. The van der Waals surface area contributed by atoms with Crippen molar-refractivity contribution in [1.82, 2.24) is 4.98 Å². The first-order valence-corrected chi connectivity index (χ1v) is 10.7. The number of rotatable bonds is 9. The third kappa shape index (κ3) is 4.33. The number of phenolic OH excluding ortho intramolecular Hbond substituents is 1. The molecule has 1 fully saturated rings. The second-order valence-corrected chi connectivity index (χ2v) is 7.85. The summed E-state index contributed by atoms with van der Waals surface area (Å²) in [6.07, 6.45) is 7.80. The lowest BCUT2D eigenvalue weighted by atomic mass is 9.86. The minimum absolute atomic E-state index is 0.114. The largest absolute Gasteiger partial charge is 0.504 e. The predicted octanol–water partition coefficient (Wildman–Crippen LogP) is 5.13. The number of nitrogens with zero attached hydrogens (tertiary/aromatic N) is 1. The molecule has 1 heterocycles. The van der Waals surface area contributed by atoms with Gasteiger partial charge >= 0.3 is 0 Å². The molecule has 0 unspecified atom stereocenters. The maximum absolute atomic E-state index is 10.6. The summed E-state index contributed by atoms with van der Waals surface area (Å²) in [5.41, 5.74) is 2.00. The van der Waals surface area contributed by atoms with E-state index in [1.54, 1.807) is 26.5 Å². The first-order valence-electron chi connectivity index (χ1n) is 10.7. The number of pyridine rings is 1. The Balaban J connectivity index is 1.65. The zero-order valence-corrected chi connectivity index (χ0v) is 18.3. The summed E-state index contributed by atoms with van der Waals surface area (Å²) in [6.45, 7) is 3.06. The quantitative estimate of drug-likeness (QED) is 0.515. The molecule has 0 saturated heterocycles. The number of ether oxygens (including phenoxy) is 4. The van der Waals surface area contributed by atoms with Crippen LogP contribution in [0.3, 0.4) is 0 Å². The van der Waals surface area contributed by atoms with Crippen LogP contribution in [-0.4, -0.2) is 37.5 Å². The van der Waals surface area contributed by atoms with Gasteiger partial charge in [-0.2, -0.15) is 0 Å². The molecule has 0 amide bonds. The van der Waals surface area contributed by atoms with Gasteiger partial charge in [-0.3, -0.25) is 4.98 Å². The highest BCUT2D eigenvalue weighted by Crippen LogP contribution is 2.41. The molecule has 0 aliphatic heterocycles. The van der Waals surface area contributed by atoms with Gasteiger partial charge in [0.2, 0.25) is 5.75 Å². The van der Waals surface area contributed by atoms with Crippen molar-refractivity contribution in [2.24, 2.45) is 5.92 Å². The van der Waals surface area contributed by atoms with Crippen LogP contribution in [-0.2, 0) is 6.42 Å². The van der Waals surface area contributed by atoms with Gasteiger partial charge in [-0.25, -0.2) is 0 Å². The molecule has 1 saturated carbocycles. The Bertz CT molecular complexity index is 1040. The number of aromatic nitrogens is 1. The highest BCUT2D eigenvalue weighted by atomic mass is 16.5. The Morgan fingerprint density at radius 2 is 1.71 bits per heavy atom. The standard InChI is InChI=1S/C25H29NO5/c1-4-30-21-9-8-19-18(13-26-14-20(19)24(21)27)10-17-11-22(28-2)25(23(12-17)29-3)31-15-16-6-5-7-16/h8-9,11-14,16,27H,4-7,10,15H2,1-3H3. The van der Waals surface area contributed by atoms with Gasteiger partial charge in [-0.1, -0.05) is 12.5 Å². The fraction of sp³-hybridized carbons (Fsp3) is 0.400. The third-order valence-electron chi connectivity index (χ3n) is 5.86. The Morgan fingerprint density at radius 1 is 0.968 bits per heavy atom. The molecular weight excluding hydrogens is 394 g/mol. The normalized spacial score (nSPS) is 13.6. The molecule has 1 N–H and O–H groups in total. The molecular formula is C25H29NO5. The predicted molar refractivity (Wildman–Crippen MR) is 120 cm³/mol. The molecule has 0 bridgehead atoms. The minimum Gasteiger partial charge on any atom is -0.504 e. The summed E-state index contributed by atoms with van der Waals surface area (Å²) < 4.78 is 22.8. The van der Waals surface area contributed by atoms with Gasteiger partial charge in [0.05, 0.1) is 27.4 Å². The van der Waals surface area contributed by atoms with Crippen LogP contribution in [0.5, 0.6) is 28.7 Å². The zero-order chi connectivity index (χ0) is 21.8. The van der Waals surface area contributed by atoms with E-state index in [1.165, 1.54) is 19.3 Å². The Kier molecular flexibility index (Phi) is 6.35. The molecule has 2 aromatic carbocycles. The SMILES string of the molecule is CCOc1ccc2c(Cc3cc(OC)c(OCC4CCC4)c(OC)c3)cncc2c1O. The highest BCUT2D eigenvalue weighted by Gasteiger charge is 2.21. The second-order valence-electron chi connectivity index (χ2n) is 7.85. The molecule has 0 atom stereocenters. The summed E-state index contributed by atoms with van der Waals surface area (Å²) in [5.74, 6) is 3.15. The van der Waals surface area contributed by atoms with Crippen molar-refractivity contribution in [3.05, 3.63) is 47.8 Å². The molecule has 4 rings (SSSR count). The fourth-order valence-corrected chi connectivity index (χ4v) is 3.94. The van der Waals surface area contributed by atoms with E-state index >= 15 is 0 Å². The smallest absolute Gasteiger partial charge is 0.203 e. The van der Waals surface area contributed by atoms with Crippen LogP contribution in [0, 0.1) is 5.92 Å². The minimum atomic E-state index is 0.114. The van der Waals surface area contributed by atoms with Crippen LogP contribution >= 0.6 is 0 Å². The lowest BCUT2D eigenvalue weighted by molar-refractivity contribution is 0.171. The molecule has 31 heavy (non-hydrogen) atoms. The van der Waals surface area contributed by atoms with Gasteiger partial charge in [-0.05, 0) is 66.8 Å². The topological polar surface area (TPSA) is 70.0 Å². The van der Waals surface area contributed by atoms with Crippen molar-refractivity contribution in [3.63, 3.8) is 0 Å². The fourth-order valence-electron chi connectivity index (χ4n) is 3.94. The molecule has 1 aliphatic rings. The second kappa shape index (κ2) is 9.33. The van der Waals surface area contributed by atoms with E-state index in [2.05, 4.69) is 4.98 Å². The molecule has 1 aromatic heterocycles. The molecule has 0 spiro atoms. The van der Waals surface area contributed by atoms with Gasteiger partial charge in [0.25, 0.3) is 0 Å². The van der Waals surface area contributed by atoms with Crippen molar-refractivity contribution in [2.45, 2.75) is 32.6 Å². The van der Waals surface area contributed by atoms with Gasteiger partial charge < -0.3 is 24.1 Å². The lowest BCUT2D eigenvalue weighted by Crippen LogP contribution is -2.19. The van der Waals surface area contributed by atoms with Gasteiger partial charge in [0, 0.05) is 17.8 Å². The van der Waals surface area contributed by atoms with E-state index in [9.17, 15) is 5.11 Å². The number of methoxy groups -OCH3 is 2. The average molecular weight is 424 g/mol. The lowest BCUT2D eigenvalue weighted by Gasteiger charge is -2.26. The van der Waals surface area contributed by atoms with Crippen LogP contribution in [0.25, 0.3) is 10.8 Å². The van der Waals surface area contributed by atoms with Crippen LogP contribution in [0.4, 0.5) is 0 Å². The van der Waals surface area contributed by atoms with Gasteiger partial charge in [0.15, 0.2) is 23.0 Å². The highest BCUT2D eigenvalue weighted by molar-refractivity contribution is 5.92. The first kappa shape index (κ1) is 21.1. The van der Waals surface area contributed by atoms with E-state index in [0.717, 1.165) is 16.5 Å². The van der Waals surface area contributed by atoms with Crippen LogP contribution in [0.15, 0.2) is 36.7 Å². The number of aromatic hydroxyl groups is 1. The van der Waals surface area contributed by atoms with E-state index < -0.39 is 0 Å². The number of hydrogen-bond donors (Lipinski definition) is 1. The molecule has 6 nitrogen and oxygen atoms in total. The van der Waals surface area contributed by atoms with E-state index in [0.29, 0.717) is 53.9 Å². The number of benzene rings is 2. The van der Waals surface area contributed by atoms with Crippen molar-refractivity contribution in [3.8, 4) is 28.7 Å². The maximum atomic E-state index is 10.6. The Hall–Kier alpha value is -3.15. The Morgan fingerprint density at radius 3 is 2.32 bits per heavy atom. The third-order valence-corrected chi connectivity index (χ3v) is 5.86. The van der Waals surface area contributed by atoms with E-state index in [1.807, 2.05) is 31.3 Å².